The summed E-state index contributed by atoms with van der Waals surface area (Å²) in [5.74, 6) is 0. The summed E-state index contributed by atoms with van der Waals surface area (Å²) in [6.07, 6.45) is -4.55. The number of hydrogen-bond donors (Lipinski definition) is 0. The standard InChI is InChI=1S/C9H7F3N2OS/c1-4-5(15)6-8(13-3-16-6)14(2)7(4)9(10,11)12/h3H,1-2H3. The molecule has 7 heteroatoms. The lowest BCUT2D eigenvalue weighted by molar-refractivity contribution is -0.143. The summed E-state index contributed by atoms with van der Waals surface area (Å²) >= 11 is 1.05. The van der Waals surface area contributed by atoms with Crippen molar-refractivity contribution in [2.45, 2.75) is 13.1 Å². The van der Waals surface area contributed by atoms with Gasteiger partial charge in [-0.2, -0.15) is 13.2 Å². The number of halogens is 3. The number of pyridine rings is 1. The van der Waals surface area contributed by atoms with Crippen molar-refractivity contribution in [3.8, 4) is 0 Å². The zero-order valence-corrected chi connectivity index (χ0v) is 9.24. The highest BCUT2D eigenvalue weighted by molar-refractivity contribution is 7.16. The summed E-state index contributed by atoms with van der Waals surface area (Å²) in [6.45, 7) is 1.18. The zero-order chi connectivity index (χ0) is 12.1. The van der Waals surface area contributed by atoms with Crippen LogP contribution in [0.3, 0.4) is 0 Å². The highest BCUT2D eigenvalue weighted by Crippen LogP contribution is 2.32. The summed E-state index contributed by atoms with van der Waals surface area (Å²) in [5, 5.41) is 0. The first-order chi connectivity index (χ1) is 7.34. The summed E-state index contributed by atoms with van der Waals surface area (Å²) < 4.78 is 39.4. The minimum absolute atomic E-state index is 0.0768. The van der Waals surface area contributed by atoms with E-state index in [0.29, 0.717) is 0 Å². The molecule has 0 aliphatic heterocycles. The van der Waals surface area contributed by atoms with Crippen LogP contribution in [0.1, 0.15) is 11.3 Å². The van der Waals surface area contributed by atoms with Gasteiger partial charge in [-0.3, -0.25) is 4.79 Å². The average molecular weight is 248 g/mol. The predicted molar refractivity (Wildman–Crippen MR) is 54.6 cm³/mol. The maximum Gasteiger partial charge on any atom is 0.431 e. The van der Waals surface area contributed by atoms with E-state index in [-0.39, 0.29) is 15.9 Å². The molecule has 0 spiro atoms. The van der Waals surface area contributed by atoms with Crippen LogP contribution in [0.2, 0.25) is 0 Å². The first kappa shape index (κ1) is 11.1. The number of nitrogens with zero attached hydrogens (tertiary/aromatic N) is 2. The Morgan fingerprint density at radius 2 is 2.06 bits per heavy atom. The molecule has 0 aliphatic carbocycles. The summed E-state index contributed by atoms with van der Waals surface area (Å²) in [5.41, 5.74) is -0.371. The Kier molecular flexibility index (Phi) is 2.30. The molecule has 0 aromatic carbocycles. The van der Waals surface area contributed by atoms with E-state index in [4.69, 9.17) is 0 Å². The largest absolute Gasteiger partial charge is 0.431 e. The molecule has 16 heavy (non-hydrogen) atoms. The van der Waals surface area contributed by atoms with Gasteiger partial charge in [0, 0.05) is 12.6 Å². The minimum Gasteiger partial charge on any atom is -0.324 e. The van der Waals surface area contributed by atoms with Gasteiger partial charge in [0.25, 0.3) is 0 Å². The number of fused-ring (bicyclic) bond motifs is 1. The lowest BCUT2D eigenvalue weighted by Gasteiger charge is -2.14. The molecule has 0 saturated heterocycles. The predicted octanol–water partition coefficient (Wildman–Crippen LogP) is 2.32. The Bertz CT molecular complexity index is 611. The lowest BCUT2D eigenvalue weighted by Crippen LogP contribution is -2.23. The Labute approximate surface area is 92.2 Å². The van der Waals surface area contributed by atoms with E-state index in [2.05, 4.69) is 4.98 Å². The molecule has 0 unspecified atom stereocenters. The van der Waals surface area contributed by atoms with E-state index < -0.39 is 17.3 Å². The molecule has 0 aliphatic rings. The monoisotopic (exact) mass is 248 g/mol. The van der Waals surface area contributed by atoms with Gasteiger partial charge in [-0.1, -0.05) is 0 Å². The van der Waals surface area contributed by atoms with E-state index >= 15 is 0 Å². The molecule has 2 aromatic rings. The van der Waals surface area contributed by atoms with E-state index in [1.54, 1.807) is 0 Å². The highest BCUT2D eigenvalue weighted by atomic mass is 32.1. The highest BCUT2D eigenvalue weighted by Gasteiger charge is 2.37. The molecule has 0 radical (unpaired) electrons. The summed E-state index contributed by atoms with van der Waals surface area (Å²) in [4.78, 5) is 15.4. The van der Waals surface area contributed by atoms with Gasteiger partial charge in [-0.05, 0) is 6.92 Å². The van der Waals surface area contributed by atoms with Crippen molar-refractivity contribution in [2.24, 2.45) is 7.05 Å². The minimum atomic E-state index is -4.55. The van der Waals surface area contributed by atoms with Gasteiger partial charge in [0.15, 0.2) is 5.65 Å². The molecule has 2 rings (SSSR count). The van der Waals surface area contributed by atoms with Crippen molar-refractivity contribution in [2.75, 3.05) is 0 Å². The van der Waals surface area contributed by atoms with Gasteiger partial charge >= 0.3 is 6.18 Å². The molecule has 0 amide bonds. The third-order valence-corrected chi connectivity index (χ3v) is 3.19. The van der Waals surface area contributed by atoms with Crippen molar-refractivity contribution in [1.82, 2.24) is 9.55 Å². The van der Waals surface area contributed by atoms with Crippen LogP contribution in [-0.4, -0.2) is 9.55 Å². The third-order valence-electron chi connectivity index (χ3n) is 2.37. The second kappa shape index (κ2) is 3.31. The summed E-state index contributed by atoms with van der Waals surface area (Å²) in [6, 6.07) is 0. The molecular formula is C9H7F3N2OS. The number of alkyl halides is 3. The van der Waals surface area contributed by atoms with E-state index in [1.165, 1.54) is 19.5 Å². The fourth-order valence-corrected chi connectivity index (χ4v) is 2.49. The van der Waals surface area contributed by atoms with Crippen LogP contribution in [0.4, 0.5) is 13.2 Å². The SMILES string of the molecule is Cc1c(C(F)(F)F)n(C)c2ncsc2c1=O. The second-order valence-electron chi connectivity index (χ2n) is 3.36. The second-order valence-corrected chi connectivity index (χ2v) is 4.22. The molecule has 2 heterocycles. The molecule has 86 valence electrons. The van der Waals surface area contributed by atoms with Gasteiger partial charge in [0.05, 0.1) is 5.51 Å². The van der Waals surface area contributed by atoms with Gasteiger partial charge < -0.3 is 4.57 Å². The van der Waals surface area contributed by atoms with Crippen molar-refractivity contribution in [3.63, 3.8) is 0 Å². The first-order valence-corrected chi connectivity index (χ1v) is 5.22. The fraction of sp³-hybridized carbons (Fsp3) is 0.333. The van der Waals surface area contributed by atoms with Crippen LogP contribution in [-0.2, 0) is 13.2 Å². The van der Waals surface area contributed by atoms with Crippen LogP contribution in [0, 0.1) is 6.92 Å². The average Bonchev–Trinajstić information content (AvgIpc) is 2.61. The number of thiazole rings is 1. The lowest BCUT2D eigenvalue weighted by atomic mass is 10.2. The molecule has 0 saturated carbocycles. The summed E-state index contributed by atoms with van der Waals surface area (Å²) in [7, 11) is 1.26. The van der Waals surface area contributed by atoms with Gasteiger partial charge in [0.2, 0.25) is 5.43 Å². The molecule has 0 fully saturated rings. The number of rotatable bonds is 0. The maximum absolute atomic E-state index is 12.7. The molecular weight excluding hydrogens is 241 g/mol. The third kappa shape index (κ3) is 1.42. The Morgan fingerprint density at radius 1 is 1.44 bits per heavy atom. The van der Waals surface area contributed by atoms with E-state index in [1.807, 2.05) is 0 Å². The van der Waals surface area contributed by atoms with Crippen molar-refractivity contribution in [1.29, 1.82) is 0 Å². The van der Waals surface area contributed by atoms with Crippen LogP contribution < -0.4 is 5.43 Å². The molecule has 0 bridgehead atoms. The zero-order valence-electron chi connectivity index (χ0n) is 8.42. The van der Waals surface area contributed by atoms with E-state index in [9.17, 15) is 18.0 Å². The number of aromatic nitrogens is 2. The molecule has 0 atom stereocenters. The van der Waals surface area contributed by atoms with Gasteiger partial charge in [-0.25, -0.2) is 4.98 Å². The smallest absolute Gasteiger partial charge is 0.324 e. The van der Waals surface area contributed by atoms with Crippen LogP contribution >= 0.6 is 11.3 Å². The topological polar surface area (TPSA) is 34.9 Å². The number of hydrogen-bond acceptors (Lipinski definition) is 3. The molecule has 3 nitrogen and oxygen atoms in total. The fourth-order valence-electron chi connectivity index (χ4n) is 1.67. The van der Waals surface area contributed by atoms with Gasteiger partial charge in [-0.15, -0.1) is 11.3 Å². The van der Waals surface area contributed by atoms with E-state index in [0.717, 1.165) is 15.9 Å². The van der Waals surface area contributed by atoms with Crippen LogP contribution in [0.5, 0.6) is 0 Å². The quantitative estimate of drug-likeness (QED) is 0.717. The van der Waals surface area contributed by atoms with Crippen molar-refractivity contribution in [3.05, 3.63) is 27.0 Å². The van der Waals surface area contributed by atoms with Crippen LogP contribution in [0.25, 0.3) is 10.3 Å². The Morgan fingerprint density at radius 3 is 2.62 bits per heavy atom. The Hall–Kier alpha value is -1.37. The normalized spacial score (nSPS) is 12.3. The van der Waals surface area contributed by atoms with Crippen LogP contribution in [0.15, 0.2) is 10.3 Å². The Balaban J connectivity index is 3.00. The molecule has 2 aromatic heterocycles. The number of aryl methyl sites for hydroxylation is 1. The van der Waals surface area contributed by atoms with Crippen molar-refractivity contribution >= 4 is 21.7 Å². The first-order valence-electron chi connectivity index (χ1n) is 4.34. The van der Waals surface area contributed by atoms with Gasteiger partial charge in [0.1, 0.15) is 10.4 Å². The van der Waals surface area contributed by atoms with Crippen molar-refractivity contribution < 1.29 is 13.2 Å². The molecule has 0 N–H and O–H groups in total. The maximum atomic E-state index is 12.7.